The molecule has 1 atom stereocenters. The summed E-state index contributed by atoms with van der Waals surface area (Å²) in [6.45, 7) is 11.3. The molecule has 0 aromatic heterocycles. The van der Waals surface area contributed by atoms with Crippen molar-refractivity contribution in [3.8, 4) is 0 Å². The zero-order valence-corrected chi connectivity index (χ0v) is 8.65. The number of nitrogens with one attached hydrogen (secondary N) is 1. The van der Waals surface area contributed by atoms with Gasteiger partial charge in [0.25, 0.3) is 0 Å². The van der Waals surface area contributed by atoms with Gasteiger partial charge in [-0.15, -0.1) is 0 Å². The van der Waals surface area contributed by atoms with Crippen molar-refractivity contribution in [2.24, 2.45) is 5.92 Å². The van der Waals surface area contributed by atoms with E-state index in [1.807, 2.05) is 0 Å². The van der Waals surface area contributed by atoms with Gasteiger partial charge >= 0.3 is 0 Å². The molecule has 1 unspecified atom stereocenters. The van der Waals surface area contributed by atoms with E-state index < -0.39 is 0 Å². The van der Waals surface area contributed by atoms with E-state index in [0.29, 0.717) is 12.1 Å². The third-order valence-corrected chi connectivity index (χ3v) is 2.48. The molecule has 0 amide bonds. The first-order valence-electron chi connectivity index (χ1n) is 4.87. The van der Waals surface area contributed by atoms with Gasteiger partial charge in [0.05, 0.1) is 0 Å². The third kappa shape index (κ3) is 4.41. The number of hydrogen-bond donors (Lipinski definition) is 1. The molecular formula is C10H23N. The Balaban J connectivity index is 3.62. The fraction of sp³-hybridized carbons (Fsp3) is 1.00. The highest BCUT2D eigenvalue weighted by Gasteiger charge is 2.10. The maximum atomic E-state index is 3.62. The minimum atomic E-state index is 0.653. The first-order chi connectivity index (χ1) is 5.11. The second-order valence-electron chi connectivity index (χ2n) is 3.71. The van der Waals surface area contributed by atoms with Crippen molar-refractivity contribution in [2.75, 3.05) is 0 Å². The van der Waals surface area contributed by atoms with E-state index in [1.165, 1.54) is 12.8 Å². The lowest BCUT2D eigenvalue weighted by Crippen LogP contribution is -2.38. The molecule has 1 heteroatoms. The van der Waals surface area contributed by atoms with Gasteiger partial charge in [-0.3, -0.25) is 0 Å². The first-order valence-corrected chi connectivity index (χ1v) is 4.87. The van der Waals surface area contributed by atoms with E-state index in [1.54, 1.807) is 0 Å². The molecule has 0 spiro atoms. The van der Waals surface area contributed by atoms with Crippen molar-refractivity contribution < 1.29 is 0 Å². The molecule has 1 N–H and O–H groups in total. The molecule has 0 fully saturated rings. The fourth-order valence-corrected chi connectivity index (χ4v) is 1.09. The first kappa shape index (κ1) is 11.0. The Morgan fingerprint density at radius 1 is 1.00 bits per heavy atom. The van der Waals surface area contributed by atoms with Gasteiger partial charge in [-0.2, -0.15) is 0 Å². The van der Waals surface area contributed by atoms with Gasteiger partial charge in [-0.1, -0.05) is 27.7 Å². The molecule has 0 saturated carbocycles. The Morgan fingerprint density at radius 2 is 1.45 bits per heavy atom. The van der Waals surface area contributed by atoms with Gasteiger partial charge in [-0.05, 0) is 25.7 Å². The van der Waals surface area contributed by atoms with E-state index in [0.717, 1.165) is 5.92 Å². The molecule has 0 heterocycles. The highest BCUT2D eigenvalue weighted by Crippen LogP contribution is 2.04. The van der Waals surface area contributed by atoms with Gasteiger partial charge in [0.15, 0.2) is 0 Å². The Morgan fingerprint density at radius 3 is 1.73 bits per heavy atom. The van der Waals surface area contributed by atoms with Crippen LogP contribution in [0.5, 0.6) is 0 Å². The molecule has 0 saturated heterocycles. The summed E-state index contributed by atoms with van der Waals surface area (Å²) in [5.74, 6) is 0.746. The van der Waals surface area contributed by atoms with Crippen molar-refractivity contribution >= 4 is 0 Å². The molecule has 0 bridgehead atoms. The Kier molecular flexibility index (Phi) is 5.57. The van der Waals surface area contributed by atoms with Crippen LogP contribution in [0.3, 0.4) is 0 Å². The lowest BCUT2D eigenvalue weighted by molar-refractivity contribution is 0.359. The average Bonchev–Trinajstić information content (AvgIpc) is 1.99. The summed E-state index contributed by atoms with van der Waals surface area (Å²) in [7, 11) is 0. The standard InChI is InChI=1S/C10H23N/c1-6-10(7-2)11-9(5)8(3)4/h8-11H,6-7H2,1-5H3. The number of rotatable bonds is 5. The smallest absolute Gasteiger partial charge is 0.00644 e. The SMILES string of the molecule is CCC(CC)NC(C)C(C)C. The minimum absolute atomic E-state index is 0.653. The predicted molar refractivity (Wildman–Crippen MR) is 51.8 cm³/mol. The van der Waals surface area contributed by atoms with Crippen LogP contribution in [-0.4, -0.2) is 12.1 Å². The predicted octanol–water partition coefficient (Wildman–Crippen LogP) is 2.81. The van der Waals surface area contributed by atoms with Crippen LogP contribution in [0.15, 0.2) is 0 Å². The molecule has 11 heavy (non-hydrogen) atoms. The third-order valence-electron chi connectivity index (χ3n) is 2.48. The lowest BCUT2D eigenvalue weighted by atomic mass is 10.0. The quantitative estimate of drug-likeness (QED) is 0.647. The second kappa shape index (κ2) is 5.59. The van der Waals surface area contributed by atoms with Crippen molar-refractivity contribution in [1.29, 1.82) is 0 Å². The van der Waals surface area contributed by atoms with Crippen LogP contribution in [-0.2, 0) is 0 Å². The maximum Gasteiger partial charge on any atom is 0.00644 e. The largest absolute Gasteiger partial charge is 0.311 e. The Hall–Kier alpha value is -0.0400. The summed E-state index contributed by atoms with van der Waals surface area (Å²) in [5, 5.41) is 3.62. The molecule has 0 radical (unpaired) electrons. The molecule has 0 aromatic carbocycles. The van der Waals surface area contributed by atoms with E-state index in [-0.39, 0.29) is 0 Å². The minimum Gasteiger partial charge on any atom is -0.311 e. The van der Waals surface area contributed by atoms with Crippen LogP contribution in [0.25, 0.3) is 0 Å². The highest BCUT2D eigenvalue weighted by molar-refractivity contribution is 4.70. The average molecular weight is 157 g/mol. The maximum absolute atomic E-state index is 3.62. The van der Waals surface area contributed by atoms with E-state index in [9.17, 15) is 0 Å². The second-order valence-corrected chi connectivity index (χ2v) is 3.71. The highest BCUT2D eigenvalue weighted by atomic mass is 14.9. The Labute approximate surface area is 71.6 Å². The lowest BCUT2D eigenvalue weighted by Gasteiger charge is -2.23. The summed E-state index contributed by atoms with van der Waals surface area (Å²) in [6.07, 6.45) is 2.49. The number of hydrogen-bond acceptors (Lipinski definition) is 1. The summed E-state index contributed by atoms with van der Waals surface area (Å²) in [6, 6.07) is 1.37. The zero-order chi connectivity index (χ0) is 8.85. The molecular weight excluding hydrogens is 134 g/mol. The van der Waals surface area contributed by atoms with Crippen molar-refractivity contribution in [3.05, 3.63) is 0 Å². The molecule has 0 aromatic rings. The normalized spacial score (nSPS) is 14.5. The molecule has 0 rings (SSSR count). The summed E-state index contributed by atoms with van der Waals surface area (Å²) >= 11 is 0. The van der Waals surface area contributed by atoms with Crippen LogP contribution >= 0.6 is 0 Å². The van der Waals surface area contributed by atoms with Crippen LogP contribution in [0.4, 0.5) is 0 Å². The molecule has 68 valence electrons. The zero-order valence-electron chi connectivity index (χ0n) is 8.65. The van der Waals surface area contributed by atoms with Crippen LogP contribution in [0, 0.1) is 5.92 Å². The monoisotopic (exact) mass is 157 g/mol. The van der Waals surface area contributed by atoms with Gasteiger partial charge in [-0.25, -0.2) is 0 Å². The molecule has 0 aliphatic carbocycles. The Bertz CT molecular complexity index is 84.9. The van der Waals surface area contributed by atoms with Crippen LogP contribution in [0.2, 0.25) is 0 Å². The fourth-order valence-electron chi connectivity index (χ4n) is 1.09. The van der Waals surface area contributed by atoms with Crippen LogP contribution < -0.4 is 5.32 Å². The topological polar surface area (TPSA) is 12.0 Å². The van der Waals surface area contributed by atoms with Gasteiger partial charge in [0, 0.05) is 12.1 Å². The molecule has 1 nitrogen and oxygen atoms in total. The van der Waals surface area contributed by atoms with Gasteiger partial charge < -0.3 is 5.32 Å². The molecule has 0 aliphatic rings. The van der Waals surface area contributed by atoms with Crippen molar-refractivity contribution in [3.63, 3.8) is 0 Å². The van der Waals surface area contributed by atoms with Gasteiger partial charge in [0.2, 0.25) is 0 Å². The van der Waals surface area contributed by atoms with Crippen molar-refractivity contribution in [1.82, 2.24) is 5.32 Å². The van der Waals surface area contributed by atoms with Crippen molar-refractivity contribution in [2.45, 2.75) is 59.5 Å². The van der Waals surface area contributed by atoms with E-state index in [4.69, 9.17) is 0 Å². The summed E-state index contributed by atoms with van der Waals surface area (Å²) in [5.41, 5.74) is 0. The van der Waals surface area contributed by atoms with E-state index >= 15 is 0 Å². The molecule has 0 aliphatic heterocycles. The van der Waals surface area contributed by atoms with E-state index in [2.05, 4.69) is 39.9 Å². The van der Waals surface area contributed by atoms with Crippen LogP contribution in [0.1, 0.15) is 47.5 Å². The van der Waals surface area contributed by atoms with Gasteiger partial charge in [0.1, 0.15) is 0 Å². The summed E-state index contributed by atoms with van der Waals surface area (Å²) in [4.78, 5) is 0. The summed E-state index contributed by atoms with van der Waals surface area (Å²) < 4.78 is 0.